The third-order valence-electron chi connectivity index (χ3n) is 7.00. The highest BCUT2D eigenvalue weighted by atomic mass is 16.5. The molecule has 2 aliphatic rings. The van der Waals surface area contributed by atoms with Crippen molar-refractivity contribution in [3.8, 4) is 34.7 Å². The first-order valence-electron chi connectivity index (χ1n) is 12.2. The lowest BCUT2D eigenvalue weighted by Crippen LogP contribution is -2.31. The summed E-state index contributed by atoms with van der Waals surface area (Å²) in [6.07, 6.45) is 5.37. The van der Waals surface area contributed by atoms with Crippen molar-refractivity contribution in [2.45, 2.75) is 50.7 Å². The molecule has 0 bridgehead atoms. The van der Waals surface area contributed by atoms with Gasteiger partial charge in [-0.2, -0.15) is 10.2 Å². The van der Waals surface area contributed by atoms with Crippen LogP contribution in [0.1, 0.15) is 55.0 Å². The number of carboxylic acid groups (broad SMARTS) is 1. The maximum Gasteiger partial charge on any atom is 0.305 e. The molecule has 1 aliphatic heterocycles. The van der Waals surface area contributed by atoms with Crippen molar-refractivity contribution in [3.63, 3.8) is 0 Å². The normalized spacial score (nSPS) is 17.7. The molecule has 1 fully saturated rings. The number of aliphatic carboxylic acids is 1. The molecule has 3 heterocycles. The van der Waals surface area contributed by atoms with Crippen LogP contribution in [0.5, 0.6) is 5.75 Å². The lowest BCUT2D eigenvalue weighted by Gasteiger charge is -2.22. The lowest BCUT2D eigenvalue weighted by atomic mass is 9.97. The van der Waals surface area contributed by atoms with Crippen LogP contribution < -0.4 is 10.1 Å². The van der Waals surface area contributed by atoms with E-state index in [9.17, 15) is 15.2 Å². The van der Waals surface area contributed by atoms with Crippen LogP contribution in [0.3, 0.4) is 0 Å². The van der Waals surface area contributed by atoms with E-state index in [2.05, 4.69) is 26.5 Å². The summed E-state index contributed by atoms with van der Waals surface area (Å²) in [6.45, 7) is 0.717. The second kappa shape index (κ2) is 9.13. The number of hydrogen-bond donors (Lipinski definition) is 3. The summed E-state index contributed by atoms with van der Waals surface area (Å²) in [5.41, 5.74) is 4.91. The molecule has 1 aliphatic carbocycles. The summed E-state index contributed by atoms with van der Waals surface area (Å²) in [7, 11) is 0. The smallest absolute Gasteiger partial charge is 0.305 e. The van der Waals surface area contributed by atoms with Crippen LogP contribution in [0.2, 0.25) is 0 Å². The van der Waals surface area contributed by atoms with E-state index in [0.717, 1.165) is 66.4 Å². The second-order valence-corrected chi connectivity index (χ2v) is 9.44. The summed E-state index contributed by atoms with van der Waals surface area (Å²) in [5.74, 6) is 0.565. The number of carboxylic acids is 1. The van der Waals surface area contributed by atoms with Gasteiger partial charge in [0.2, 0.25) is 5.82 Å². The number of hydrogen-bond acceptors (Lipinski definition) is 7. The zero-order chi connectivity index (χ0) is 24.6. The molecular weight excluding hydrogens is 458 g/mol. The van der Waals surface area contributed by atoms with E-state index in [1.54, 1.807) is 12.1 Å². The van der Waals surface area contributed by atoms with Gasteiger partial charge >= 0.3 is 5.97 Å². The number of aromatic nitrogens is 3. The Bertz CT molecular complexity index is 1490. The zero-order valence-electron chi connectivity index (χ0n) is 19.6. The highest BCUT2D eigenvalue weighted by molar-refractivity contribution is 5.89. The van der Waals surface area contributed by atoms with E-state index in [4.69, 9.17) is 9.26 Å². The van der Waals surface area contributed by atoms with E-state index in [-0.39, 0.29) is 18.6 Å². The molecule has 6 rings (SSSR count). The molecule has 1 saturated carbocycles. The SMILES string of the molecule is N#Cc1cc(OC2CCCC2)cc(-c2nc(-c3ccc4[nH]c5c(c4c3)CCN[C@H]5CC(=O)O)no2)c1. The van der Waals surface area contributed by atoms with Gasteiger partial charge in [-0.1, -0.05) is 5.16 Å². The first-order chi connectivity index (χ1) is 17.6. The topological polar surface area (TPSA) is 137 Å². The maximum absolute atomic E-state index is 11.3. The van der Waals surface area contributed by atoms with E-state index < -0.39 is 5.97 Å². The van der Waals surface area contributed by atoms with Gasteiger partial charge in [-0.15, -0.1) is 0 Å². The van der Waals surface area contributed by atoms with Crippen LogP contribution >= 0.6 is 0 Å². The van der Waals surface area contributed by atoms with E-state index in [1.165, 1.54) is 0 Å². The number of H-pyrrole nitrogens is 1. The fourth-order valence-corrected chi connectivity index (χ4v) is 5.31. The fourth-order valence-electron chi connectivity index (χ4n) is 5.31. The molecule has 0 radical (unpaired) electrons. The van der Waals surface area contributed by atoms with Crippen LogP contribution in [-0.4, -0.2) is 38.8 Å². The summed E-state index contributed by atoms with van der Waals surface area (Å²) in [4.78, 5) is 19.3. The highest BCUT2D eigenvalue weighted by Gasteiger charge is 2.26. The van der Waals surface area contributed by atoms with Crippen molar-refractivity contribution >= 4 is 16.9 Å². The highest BCUT2D eigenvalue weighted by Crippen LogP contribution is 2.35. The first kappa shape index (κ1) is 22.3. The third-order valence-corrected chi connectivity index (χ3v) is 7.00. The Morgan fingerprint density at radius 2 is 2.06 bits per heavy atom. The molecular formula is C27H25N5O4. The van der Waals surface area contributed by atoms with Gasteiger partial charge in [-0.05, 0) is 80.6 Å². The summed E-state index contributed by atoms with van der Waals surface area (Å²) < 4.78 is 11.7. The number of nitrogens with zero attached hydrogens (tertiary/aromatic N) is 3. The average molecular weight is 484 g/mol. The molecule has 182 valence electrons. The van der Waals surface area contributed by atoms with Crippen molar-refractivity contribution in [3.05, 3.63) is 53.2 Å². The third kappa shape index (κ3) is 4.20. The van der Waals surface area contributed by atoms with Crippen molar-refractivity contribution in [2.75, 3.05) is 6.54 Å². The maximum atomic E-state index is 11.3. The van der Waals surface area contributed by atoms with E-state index >= 15 is 0 Å². The Kier molecular flexibility index (Phi) is 5.66. The van der Waals surface area contributed by atoms with E-state index in [1.807, 2.05) is 24.3 Å². The molecule has 36 heavy (non-hydrogen) atoms. The number of benzene rings is 2. The van der Waals surface area contributed by atoms with Gasteiger partial charge in [-0.3, -0.25) is 4.79 Å². The van der Waals surface area contributed by atoms with Crippen molar-refractivity contribution in [1.82, 2.24) is 20.4 Å². The first-order valence-corrected chi connectivity index (χ1v) is 12.2. The van der Waals surface area contributed by atoms with E-state index in [0.29, 0.717) is 28.6 Å². The second-order valence-electron chi connectivity index (χ2n) is 9.44. The minimum Gasteiger partial charge on any atom is -0.490 e. The Labute approximate surface area is 207 Å². The Morgan fingerprint density at radius 3 is 2.86 bits per heavy atom. The summed E-state index contributed by atoms with van der Waals surface area (Å²) in [6, 6.07) is 13.1. The Hall–Kier alpha value is -4.16. The average Bonchev–Trinajstić information content (AvgIpc) is 3.63. The van der Waals surface area contributed by atoms with Gasteiger partial charge in [0.15, 0.2) is 0 Å². The van der Waals surface area contributed by atoms with Gasteiger partial charge < -0.3 is 24.7 Å². The Balaban J connectivity index is 1.32. The molecule has 3 N–H and O–H groups in total. The van der Waals surface area contributed by atoms with Gasteiger partial charge in [0.1, 0.15) is 5.75 Å². The van der Waals surface area contributed by atoms with Gasteiger partial charge in [0.05, 0.1) is 30.2 Å². The van der Waals surface area contributed by atoms with Crippen molar-refractivity contribution < 1.29 is 19.2 Å². The molecule has 9 nitrogen and oxygen atoms in total. The number of aromatic amines is 1. The Morgan fingerprint density at radius 1 is 1.19 bits per heavy atom. The number of fused-ring (bicyclic) bond motifs is 3. The molecule has 0 saturated heterocycles. The number of carbonyl (C=O) groups is 1. The largest absolute Gasteiger partial charge is 0.490 e. The predicted molar refractivity (Wildman–Crippen MR) is 131 cm³/mol. The quantitative estimate of drug-likeness (QED) is 0.358. The molecule has 2 aromatic heterocycles. The molecule has 1 atom stereocenters. The molecule has 0 spiro atoms. The van der Waals surface area contributed by atoms with Crippen LogP contribution in [0.25, 0.3) is 33.7 Å². The minimum absolute atomic E-state index is 0.0229. The molecule has 0 amide bonds. The van der Waals surface area contributed by atoms with Crippen molar-refractivity contribution in [1.29, 1.82) is 5.26 Å². The molecule has 4 aromatic rings. The monoisotopic (exact) mass is 483 g/mol. The molecule has 9 heteroatoms. The van der Waals surface area contributed by atoms with Crippen LogP contribution in [0.15, 0.2) is 40.9 Å². The number of ether oxygens (including phenoxy) is 1. The van der Waals surface area contributed by atoms with Gasteiger partial charge in [0.25, 0.3) is 5.89 Å². The summed E-state index contributed by atoms with van der Waals surface area (Å²) >= 11 is 0. The van der Waals surface area contributed by atoms with Crippen molar-refractivity contribution in [2.24, 2.45) is 0 Å². The number of nitriles is 1. The molecule has 0 unspecified atom stereocenters. The number of nitrogens with one attached hydrogen (secondary N) is 2. The minimum atomic E-state index is -0.837. The zero-order valence-corrected chi connectivity index (χ0v) is 19.6. The van der Waals surface area contributed by atoms with Crippen LogP contribution in [0.4, 0.5) is 0 Å². The standard InChI is InChI=1S/C27H25N5O4/c28-14-15-9-17(11-19(10-15)35-18-3-1-2-4-18)27-31-26(32-36-27)16-5-6-22-21(12-16)20-7-8-29-23(13-24(33)34)25(20)30-22/h5-6,9-12,18,23,29-30H,1-4,7-8,13H2,(H,33,34)/t23-/m0/s1. The lowest BCUT2D eigenvalue weighted by molar-refractivity contribution is -0.137. The molecule has 2 aromatic carbocycles. The summed E-state index contributed by atoms with van der Waals surface area (Å²) in [5, 5.41) is 27.3. The van der Waals surface area contributed by atoms with Crippen LogP contribution in [-0.2, 0) is 11.2 Å². The van der Waals surface area contributed by atoms with Crippen LogP contribution in [0, 0.1) is 11.3 Å². The van der Waals surface area contributed by atoms with Gasteiger partial charge in [-0.25, -0.2) is 0 Å². The number of rotatable bonds is 6. The predicted octanol–water partition coefficient (Wildman–Crippen LogP) is 4.74. The fraction of sp³-hybridized carbons (Fsp3) is 0.333. The van der Waals surface area contributed by atoms with Gasteiger partial charge in [0, 0.05) is 27.7 Å².